The van der Waals surface area contributed by atoms with Crippen LogP contribution >= 0.6 is 23.2 Å². The molecule has 5 nitrogen and oxygen atoms in total. The summed E-state index contributed by atoms with van der Waals surface area (Å²) in [4.78, 5) is 24.8. The van der Waals surface area contributed by atoms with Gasteiger partial charge in [0.2, 0.25) is 0 Å². The molecule has 1 aromatic heterocycles. The first-order valence-corrected chi connectivity index (χ1v) is 8.63. The largest absolute Gasteiger partial charge is 0.449 e. The molecule has 3 rings (SSSR count). The van der Waals surface area contributed by atoms with Gasteiger partial charge in [0.25, 0.3) is 5.91 Å². The molecule has 3 aromatic rings. The Kier molecular flexibility index (Phi) is 5.20. The topological polar surface area (TPSA) is 60.3 Å². The second-order valence-corrected chi connectivity index (χ2v) is 6.68. The number of fused-ring (bicyclic) bond motifs is 1. The van der Waals surface area contributed by atoms with E-state index in [-0.39, 0.29) is 0 Å². The number of hydrogen-bond donors (Lipinski definition) is 1. The van der Waals surface area contributed by atoms with Crippen molar-refractivity contribution < 1.29 is 14.3 Å². The number of nitrogens with zero attached hydrogens (tertiary/aromatic N) is 1. The Labute approximate surface area is 160 Å². The van der Waals surface area contributed by atoms with Crippen molar-refractivity contribution in [2.45, 2.75) is 13.0 Å². The van der Waals surface area contributed by atoms with Gasteiger partial charge in [0.1, 0.15) is 0 Å². The Hall–Kier alpha value is -2.50. The second kappa shape index (κ2) is 7.40. The van der Waals surface area contributed by atoms with Gasteiger partial charge in [0.15, 0.2) is 6.10 Å². The predicted molar refractivity (Wildman–Crippen MR) is 103 cm³/mol. The maximum Gasteiger partial charge on any atom is 0.341 e. The lowest BCUT2D eigenvalue weighted by Crippen LogP contribution is -2.30. The maximum atomic E-state index is 12.5. The first kappa shape index (κ1) is 18.3. The van der Waals surface area contributed by atoms with Crippen molar-refractivity contribution in [3.8, 4) is 0 Å². The number of nitrogens with one attached hydrogen (secondary N) is 1. The lowest BCUT2D eigenvalue weighted by Gasteiger charge is -2.14. The summed E-state index contributed by atoms with van der Waals surface area (Å²) in [5, 5.41) is 4.16. The number of hydrogen-bond acceptors (Lipinski definition) is 3. The third-order valence-corrected chi connectivity index (χ3v) is 4.52. The van der Waals surface area contributed by atoms with Crippen LogP contribution in [0.25, 0.3) is 10.9 Å². The van der Waals surface area contributed by atoms with E-state index in [1.54, 1.807) is 18.3 Å². The molecule has 0 fully saturated rings. The zero-order valence-corrected chi connectivity index (χ0v) is 15.6. The Morgan fingerprint density at radius 3 is 2.65 bits per heavy atom. The number of halogens is 2. The summed E-state index contributed by atoms with van der Waals surface area (Å²) in [5.74, 6) is -1.07. The van der Waals surface area contributed by atoms with E-state index in [1.807, 2.05) is 35.9 Å². The highest BCUT2D eigenvalue weighted by Gasteiger charge is 2.22. The summed E-state index contributed by atoms with van der Waals surface area (Å²) in [5.41, 5.74) is 1.67. The molecule has 2 aromatic carbocycles. The van der Waals surface area contributed by atoms with Gasteiger partial charge in [-0.3, -0.25) is 4.79 Å². The molecule has 0 aliphatic heterocycles. The van der Waals surface area contributed by atoms with Crippen LogP contribution in [0.15, 0.2) is 48.7 Å². The Balaban J connectivity index is 1.74. The van der Waals surface area contributed by atoms with Gasteiger partial charge in [-0.25, -0.2) is 4.79 Å². The van der Waals surface area contributed by atoms with E-state index in [0.29, 0.717) is 21.3 Å². The van der Waals surface area contributed by atoms with Crippen molar-refractivity contribution in [2.75, 3.05) is 5.32 Å². The SMILES string of the molecule is C[C@@H](OC(=O)c1cn(C)c2ccccc12)C(=O)Nc1cc(Cl)ccc1Cl. The van der Waals surface area contributed by atoms with E-state index < -0.39 is 18.0 Å². The number of para-hydroxylation sites is 1. The van der Waals surface area contributed by atoms with Gasteiger partial charge in [-0.05, 0) is 31.2 Å². The highest BCUT2D eigenvalue weighted by molar-refractivity contribution is 6.35. The number of rotatable bonds is 4. The van der Waals surface area contributed by atoms with Gasteiger partial charge in [0, 0.05) is 29.2 Å². The zero-order valence-electron chi connectivity index (χ0n) is 14.1. The van der Waals surface area contributed by atoms with Gasteiger partial charge >= 0.3 is 5.97 Å². The number of benzene rings is 2. The number of esters is 1. The quantitative estimate of drug-likeness (QED) is 0.658. The first-order valence-electron chi connectivity index (χ1n) is 7.88. The lowest BCUT2D eigenvalue weighted by atomic mass is 10.2. The standard InChI is InChI=1S/C19H16Cl2N2O3/c1-11(18(24)22-16-9-12(20)7-8-15(16)21)26-19(25)14-10-23(2)17-6-4-3-5-13(14)17/h3-11H,1-2H3,(H,22,24)/t11-/m1/s1. The monoisotopic (exact) mass is 390 g/mol. The van der Waals surface area contributed by atoms with Crippen molar-refractivity contribution in [3.05, 3.63) is 64.3 Å². The normalized spacial score (nSPS) is 12.0. The number of ether oxygens (including phenoxy) is 1. The molecule has 0 aliphatic rings. The van der Waals surface area contributed by atoms with Crippen LogP contribution in [0.5, 0.6) is 0 Å². The number of aryl methyl sites for hydroxylation is 1. The predicted octanol–water partition coefficient (Wildman–Crippen LogP) is 4.67. The average Bonchev–Trinajstić information content (AvgIpc) is 2.95. The van der Waals surface area contributed by atoms with Gasteiger partial charge in [0.05, 0.1) is 16.3 Å². The van der Waals surface area contributed by atoms with Crippen LogP contribution in [-0.4, -0.2) is 22.5 Å². The van der Waals surface area contributed by atoms with E-state index in [4.69, 9.17) is 27.9 Å². The van der Waals surface area contributed by atoms with Crippen LogP contribution < -0.4 is 5.32 Å². The molecule has 0 radical (unpaired) electrons. The minimum atomic E-state index is -1.00. The van der Waals surface area contributed by atoms with Crippen molar-refractivity contribution in [2.24, 2.45) is 7.05 Å². The highest BCUT2D eigenvalue weighted by Crippen LogP contribution is 2.26. The molecule has 0 unspecified atom stereocenters. The van der Waals surface area contributed by atoms with Crippen LogP contribution in [0, 0.1) is 0 Å². The molecule has 0 saturated carbocycles. The van der Waals surface area contributed by atoms with Crippen LogP contribution in [0.1, 0.15) is 17.3 Å². The summed E-state index contributed by atoms with van der Waals surface area (Å²) in [6, 6.07) is 12.2. The molecule has 7 heteroatoms. The molecule has 1 N–H and O–H groups in total. The lowest BCUT2D eigenvalue weighted by molar-refractivity contribution is -0.123. The van der Waals surface area contributed by atoms with Crippen molar-refractivity contribution in [1.29, 1.82) is 0 Å². The number of carbonyl (C=O) groups excluding carboxylic acids is 2. The third kappa shape index (κ3) is 3.69. The average molecular weight is 391 g/mol. The summed E-state index contributed by atoms with van der Waals surface area (Å²) in [6.07, 6.45) is 0.683. The van der Waals surface area contributed by atoms with Crippen LogP contribution in [0.2, 0.25) is 10.0 Å². The van der Waals surface area contributed by atoms with E-state index in [1.165, 1.54) is 13.0 Å². The third-order valence-electron chi connectivity index (χ3n) is 3.96. The molecule has 134 valence electrons. The Bertz CT molecular complexity index is 998. The molecular formula is C19H16Cl2N2O3. The van der Waals surface area contributed by atoms with Crippen LogP contribution in [0.3, 0.4) is 0 Å². The fourth-order valence-corrected chi connectivity index (χ4v) is 2.95. The van der Waals surface area contributed by atoms with Gasteiger partial charge in [-0.1, -0.05) is 41.4 Å². The minimum absolute atomic E-state index is 0.343. The molecule has 1 atom stereocenters. The summed E-state index contributed by atoms with van der Waals surface area (Å²) < 4.78 is 7.16. The van der Waals surface area contributed by atoms with Gasteiger partial charge in [-0.2, -0.15) is 0 Å². The van der Waals surface area contributed by atoms with Gasteiger partial charge in [-0.15, -0.1) is 0 Å². The second-order valence-electron chi connectivity index (χ2n) is 5.83. The first-order chi connectivity index (χ1) is 12.4. The molecule has 26 heavy (non-hydrogen) atoms. The van der Waals surface area contributed by atoms with E-state index >= 15 is 0 Å². The zero-order chi connectivity index (χ0) is 18.8. The molecule has 0 spiro atoms. The summed E-state index contributed by atoms with van der Waals surface area (Å²) in [7, 11) is 1.84. The maximum absolute atomic E-state index is 12.5. The molecule has 0 aliphatic carbocycles. The summed E-state index contributed by atoms with van der Waals surface area (Å²) >= 11 is 11.9. The highest BCUT2D eigenvalue weighted by atomic mass is 35.5. The van der Waals surface area contributed by atoms with Gasteiger partial charge < -0.3 is 14.6 Å². The number of amides is 1. The fourth-order valence-electron chi connectivity index (χ4n) is 2.61. The van der Waals surface area contributed by atoms with Crippen molar-refractivity contribution in [1.82, 2.24) is 4.57 Å². The minimum Gasteiger partial charge on any atom is -0.449 e. The number of aromatic nitrogens is 1. The molecule has 1 amide bonds. The molecule has 0 saturated heterocycles. The van der Waals surface area contributed by atoms with E-state index in [0.717, 1.165) is 10.9 Å². The molecule has 1 heterocycles. The summed E-state index contributed by atoms with van der Waals surface area (Å²) in [6.45, 7) is 1.50. The molecular weight excluding hydrogens is 375 g/mol. The fraction of sp³-hybridized carbons (Fsp3) is 0.158. The Morgan fingerprint density at radius 1 is 1.15 bits per heavy atom. The Morgan fingerprint density at radius 2 is 1.88 bits per heavy atom. The van der Waals surface area contributed by atoms with Crippen LogP contribution in [-0.2, 0) is 16.6 Å². The smallest absolute Gasteiger partial charge is 0.341 e. The van der Waals surface area contributed by atoms with Crippen LogP contribution in [0.4, 0.5) is 5.69 Å². The van der Waals surface area contributed by atoms with E-state index in [9.17, 15) is 9.59 Å². The van der Waals surface area contributed by atoms with Crippen molar-refractivity contribution in [3.63, 3.8) is 0 Å². The number of carbonyl (C=O) groups is 2. The molecule has 0 bridgehead atoms. The van der Waals surface area contributed by atoms with Crippen molar-refractivity contribution >= 4 is 51.7 Å². The number of anilines is 1. The van der Waals surface area contributed by atoms with E-state index in [2.05, 4.69) is 5.32 Å².